The zero-order chi connectivity index (χ0) is 11.3. The highest BCUT2D eigenvalue weighted by atomic mass is 16.4. The molecule has 0 saturated heterocycles. The third-order valence-corrected chi connectivity index (χ3v) is 2.48. The molecule has 0 bridgehead atoms. The van der Waals surface area contributed by atoms with E-state index in [0.29, 0.717) is 6.42 Å². The van der Waals surface area contributed by atoms with Gasteiger partial charge in [-0.05, 0) is 26.7 Å². The van der Waals surface area contributed by atoms with Gasteiger partial charge >= 0.3 is 5.97 Å². The molecule has 0 aliphatic heterocycles. The highest BCUT2D eigenvalue weighted by Crippen LogP contribution is 2.23. The Morgan fingerprint density at radius 2 is 2.20 bits per heavy atom. The molecule has 0 saturated carbocycles. The molecule has 1 aromatic rings. The Bertz CT molecular complexity index is 306. The molecule has 0 radical (unpaired) electrons. The molecule has 0 spiro atoms. The van der Waals surface area contributed by atoms with Crippen molar-refractivity contribution >= 4 is 5.97 Å². The second-order valence-electron chi connectivity index (χ2n) is 4.30. The maximum absolute atomic E-state index is 10.8. The van der Waals surface area contributed by atoms with Gasteiger partial charge in [0.25, 0.3) is 0 Å². The highest BCUT2D eigenvalue weighted by molar-refractivity contribution is 5.73. The maximum atomic E-state index is 10.8. The molecule has 1 aromatic heterocycles. The van der Waals surface area contributed by atoms with Gasteiger partial charge in [0.1, 0.15) is 12.7 Å². The van der Waals surface area contributed by atoms with Gasteiger partial charge in [0.2, 0.25) is 0 Å². The third kappa shape index (κ3) is 3.69. The van der Waals surface area contributed by atoms with E-state index in [2.05, 4.69) is 10.1 Å². The van der Waals surface area contributed by atoms with Crippen LogP contribution in [0.15, 0.2) is 12.7 Å². The van der Waals surface area contributed by atoms with Gasteiger partial charge in [0.15, 0.2) is 0 Å². The fraction of sp³-hybridized carbons (Fsp3) is 0.700. The Labute approximate surface area is 89.1 Å². The molecular weight excluding hydrogens is 194 g/mol. The normalized spacial score (nSPS) is 11.6. The molecule has 1 N–H and O–H groups in total. The van der Waals surface area contributed by atoms with Crippen LogP contribution in [0.3, 0.4) is 0 Å². The van der Waals surface area contributed by atoms with Crippen molar-refractivity contribution in [3.8, 4) is 0 Å². The molecule has 1 rings (SSSR count). The monoisotopic (exact) mass is 211 g/mol. The van der Waals surface area contributed by atoms with E-state index < -0.39 is 11.4 Å². The van der Waals surface area contributed by atoms with Gasteiger partial charge in [0, 0.05) is 6.54 Å². The number of carboxylic acid groups (broad SMARTS) is 1. The lowest BCUT2D eigenvalue weighted by molar-refractivity contribution is -0.147. The van der Waals surface area contributed by atoms with Gasteiger partial charge in [-0.15, -0.1) is 0 Å². The topological polar surface area (TPSA) is 68.0 Å². The first-order valence-electron chi connectivity index (χ1n) is 5.08. The summed E-state index contributed by atoms with van der Waals surface area (Å²) in [6, 6.07) is 0. The molecule has 15 heavy (non-hydrogen) atoms. The van der Waals surface area contributed by atoms with Crippen molar-refractivity contribution in [2.75, 3.05) is 0 Å². The Morgan fingerprint density at radius 3 is 2.73 bits per heavy atom. The van der Waals surface area contributed by atoms with Crippen molar-refractivity contribution in [2.24, 2.45) is 5.41 Å². The van der Waals surface area contributed by atoms with Crippen LogP contribution in [0.25, 0.3) is 0 Å². The van der Waals surface area contributed by atoms with Crippen LogP contribution in [0.5, 0.6) is 0 Å². The van der Waals surface area contributed by atoms with Gasteiger partial charge in [-0.25, -0.2) is 4.98 Å². The summed E-state index contributed by atoms with van der Waals surface area (Å²) < 4.78 is 1.76. The van der Waals surface area contributed by atoms with Crippen LogP contribution in [0, 0.1) is 5.41 Å². The number of aliphatic carboxylic acids is 1. The Morgan fingerprint density at radius 1 is 1.47 bits per heavy atom. The van der Waals surface area contributed by atoms with E-state index in [1.54, 1.807) is 24.9 Å². The second kappa shape index (κ2) is 4.91. The highest BCUT2D eigenvalue weighted by Gasteiger charge is 2.25. The number of unbranched alkanes of at least 4 members (excludes halogenated alkanes) is 1. The molecule has 0 aliphatic rings. The number of carboxylic acids is 1. The Hall–Kier alpha value is -1.39. The van der Waals surface area contributed by atoms with E-state index in [0.717, 1.165) is 19.4 Å². The van der Waals surface area contributed by atoms with Crippen molar-refractivity contribution in [2.45, 2.75) is 39.7 Å². The van der Waals surface area contributed by atoms with Crippen LogP contribution in [-0.4, -0.2) is 25.8 Å². The van der Waals surface area contributed by atoms with E-state index in [1.165, 1.54) is 6.33 Å². The molecule has 0 unspecified atom stereocenters. The van der Waals surface area contributed by atoms with Crippen LogP contribution in [-0.2, 0) is 11.3 Å². The third-order valence-electron chi connectivity index (χ3n) is 2.48. The zero-order valence-electron chi connectivity index (χ0n) is 9.18. The maximum Gasteiger partial charge on any atom is 0.309 e. The largest absolute Gasteiger partial charge is 0.481 e. The van der Waals surface area contributed by atoms with Crippen LogP contribution in [0.2, 0.25) is 0 Å². The molecule has 1 heterocycles. The van der Waals surface area contributed by atoms with Crippen molar-refractivity contribution < 1.29 is 9.90 Å². The lowest BCUT2D eigenvalue weighted by atomic mass is 9.87. The number of aromatic nitrogens is 3. The number of hydrogen-bond donors (Lipinski definition) is 1. The molecule has 0 atom stereocenters. The minimum absolute atomic E-state index is 0.623. The fourth-order valence-electron chi connectivity index (χ4n) is 1.30. The van der Waals surface area contributed by atoms with Gasteiger partial charge in [-0.3, -0.25) is 9.48 Å². The molecule has 0 amide bonds. The average Bonchev–Trinajstić information content (AvgIpc) is 2.64. The first kappa shape index (κ1) is 11.7. The number of hydrogen-bond acceptors (Lipinski definition) is 3. The SMILES string of the molecule is CC(C)(CCCCn1cncn1)C(=O)O. The summed E-state index contributed by atoms with van der Waals surface area (Å²) in [5.74, 6) is -0.733. The van der Waals surface area contributed by atoms with Crippen LogP contribution < -0.4 is 0 Å². The van der Waals surface area contributed by atoms with Gasteiger partial charge in [-0.1, -0.05) is 6.42 Å². The summed E-state index contributed by atoms with van der Waals surface area (Å²) in [7, 11) is 0. The first-order valence-corrected chi connectivity index (χ1v) is 5.08. The summed E-state index contributed by atoms with van der Waals surface area (Å²) in [6.45, 7) is 4.31. The van der Waals surface area contributed by atoms with Crippen molar-refractivity contribution in [1.82, 2.24) is 14.8 Å². The summed E-state index contributed by atoms with van der Waals surface area (Å²) >= 11 is 0. The standard InChI is InChI=1S/C10H17N3O2/c1-10(2,9(14)15)5-3-4-6-13-8-11-7-12-13/h7-8H,3-6H2,1-2H3,(H,14,15). The minimum Gasteiger partial charge on any atom is -0.481 e. The lowest BCUT2D eigenvalue weighted by Crippen LogP contribution is -2.23. The summed E-state index contributed by atoms with van der Waals surface area (Å²) in [6.07, 6.45) is 5.68. The molecule has 5 nitrogen and oxygen atoms in total. The Kier molecular flexibility index (Phi) is 3.82. The number of nitrogens with zero attached hydrogens (tertiary/aromatic N) is 3. The zero-order valence-corrected chi connectivity index (χ0v) is 9.18. The first-order chi connectivity index (χ1) is 7.02. The van der Waals surface area contributed by atoms with Crippen molar-refractivity contribution in [3.63, 3.8) is 0 Å². The second-order valence-corrected chi connectivity index (χ2v) is 4.30. The van der Waals surface area contributed by atoms with Gasteiger partial charge in [0.05, 0.1) is 5.41 Å². The van der Waals surface area contributed by atoms with Gasteiger partial charge < -0.3 is 5.11 Å². The summed E-state index contributed by atoms with van der Waals surface area (Å²) in [5.41, 5.74) is -0.623. The minimum atomic E-state index is -0.733. The predicted octanol–water partition coefficient (Wildman–Crippen LogP) is 1.56. The van der Waals surface area contributed by atoms with E-state index in [4.69, 9.17) is 5.11 Å². The molecule has 0 aliphatic carbocycles. The van der Waals surface area contributed by atoms with Crippen LogP contribution in [0.1, 0.15) is 33.1 Å². The average molecular weight is 211 g/mol. The Balaban J connectivity index is 2.19. The fourth-order valence-corrected chi connectivity index (χ4v) is 1.30. The summed E-state index contributed by atoms with van der Waals surface area (Å²) in [4.78, 5) is 14.7. The molecule has 0 fully saturated rings. The van der Waals surface area contributed by atoms with Crippen LogP contribution in [0.4, 0.5) is 0 Å². The number of carbonyl (C=O) groups is 1. The van der Waals surface area contributed by atoms with E-state index >= 15 is 0 Å². The number of rotatable bonds is 6. The summed E-state index contributed by atoms with van der Waals surface area (Å²) in [5, 5.41) is 12.9. The quantitative estimate of drug-likeness (QED) is 0.725. The lowest BCUT2D eigenvalue weighted by Gasteiger charge is -2.18. The van der Waals surface area contributed by atoms with E-state index in [9.17, 15) is 4.79 Å². The molecular formula is C10H17N3O2. The molecule has 5 heteroatoms. The number of aryl methyl sites for hydroxylation is 1. The van der Waals surface area contributed by atoms with Crippen molar-refractivity contribution in [1.29, 1.82) is 0 Å². The smallest absolute Gasteiger partial charge is 0.309 e. The molecule has 84 valence electrons. The molecule has 0 aromatic carbocycles. The van der Waals surface area contributed by atoms with Gasteiger partial charge in [-0.2, -0.15) is 5.10 Å². The van der Waals surface area contributed by atoms with E-state index in [1.807, 2.05) is 0 Å². The van der Waals surface area contributed by atoms with Crippen LogP contribution >= 0.6 is 0 Å². The predicted molar refractivity (Wildman–Crippen MR) is 55.3 cm³/mol. The van der Waals surface area contributed by atoms with E-state index in [-0.39, 0.29) is 0 Å². The van der Waals surface area contributed by atoms with Crippen molar-refractivity contribution in [3.05, 3.63) is 12.7 Å².